The molecule has 1 unspecified atom stereocenters. The molecule has 1 aliphatic heterocycles. The van der Waals surface area contributed by atoms with E-state index in [4.69, 9.17) is 9.15 Å². The number of ether oxygens (including phenoxy) is 1. The van der Waals surface area contributed by atoms with E-state index in [9.17, 15) is 4.79 Å². The molecule has 1 saturated heterocycles. The van der Waals surface area contributed by atoms with E-state index in [-0.39, 0.29) is 5.63 Å². The molecule has 4 rings (SSSR count). The van der Waals surface area contributed by atoms with Crippen LogP contribution in [0.1, 0.15) is 42.4 Å². The first-order valence-electron chi connectivity index (χ1n) is 10.2. The molecular weight excluding hydrogens is 350 g/mol. The predicted octanol–water partition coefficient (Wildman–Crippen LogP) is 4.60. The Morgan fingerprint density at radius 2 is 2.00 bits per heavy atom. The second-order valence-electron chi connectivity index (χ2n) is 7.67. The smallest absolute Gasteiger partial charge is 0.339 e. The van der Waals surface area contributed by atoms with Gasteiger partial charge in [0.15, 0.2) is 0 Å². The zero-order valence-electron chi connectivity index (χ0n) is 16.4. The number of para-hydroxylation sites is 1. The minimum atomic E-state index is -0.280. The fourth-order valence-electron chi connectivity index (χ4n) is 3.89. The lowest BCUT2D eigenvalue weighted by Gasteiger charge is -2.23. The fourth-order valence-corrected chi connectivity index (χ4v) is 3.89. The van der Waals surface area contributed by atoms with Crippen LogP contribution in [0.4, 0.5) is 0 Å². The Morgan fingerprint density at radius 1 is 1.11 bits per heavy atom. The number of fused-ring (bicyclic) bond motifs is 1. The molecule has 1 aliphatic rings. The lowest BCUT2D eigenvalue weighted by Crippen LogP contribution is -2.35. The van der Waals surface area contributed by atoms with Crippen LogP contribution in [-0.2, 0) is 6.42 Å². The van der Waals surface area contributed by atoms with Crippen molar-refractivity contribution in [1.82, 2.24) is 5.32 Å². The van der Waals surface area contributed by atoms with Gasteiger partial charge in [-0.15, -0.1) is 0 Å². The molecule has 1 aromatic heterocycles. The molecule has 0 saturated carbocycles. The van der Waals surface area contributed by atoms with E-state index in [0.29, 0.717) is 30.2 Å². The third-order valence-electron chi connectivity index (χ3n) is 5.45. The third kappa shape index (κ3) is 4.45. The monoisotopic (exact) mass is 377 g/mol. The molecule has 0 radical (unpaired) electrons. The number of benzene rings is 2. The van der Waals surface area contributed by atoms with Crippen LogP contribution in [0, 0.1) is 6.92 Å². The van der Waals surface area contributed by atoms with Gasteiger partial charge in [0, 0.05) is 23.4 Å². The fraction of sp³-hybridized carbons (Fsp3) is 0.375. The van der Waals surface area contributed by atoms with Crippen LogP contribution < -0.4 is 15.7 Å². The summed E-state index contributed by atoms with van der Waals surface area (Å²) in [6, 6.07) is 16.3. The summed E-state index contributed by atoms with van der Waals surface area (Å²) in [6.07, 6.45) is 5.30. The van der Waals surface area contributed by atoms with Crippen LogP contribution >= 0.6 is 0 Å². The van der Waals surface area contributed by atoms with Crippen LogP contribution in [0.15, 0.2) is 57.7 Å². The van der Waals surface area contributed by atoms with Gasteiger partial charge in [0.05, 0.1) is 6.61 Å². The van der Waals surface area contributed by atoms with Crippen LogP contribution in [-0.4, -0.2) is 19.2 Å². The Hall–Kier alpha value is -2.59. The second kappa shape index (κ2) is 8.61. The summed E-state index contributed by atoms with van der Waals surface area (Å²) in [5.74, 6) is 0.849. The summed E-state index contributed by atoms with van der Waals surface area (Å²) in [5, 5.41) is 4.51. The summed E-state index contributed by atoms with van der Waals surface area (Å²) in [4.78, 5) is 12.4. The Morgan fingerprint density at radius 3 is 2.86 bits per heavy atom. The van der Waals surface area contributed by atoms with E-state index in [1.807, 2.05) is 55.5 Å². The van der Waals surface area contributed by atoms with E-state index in [1.54, 1.807) is 0 Å². The van der Waals surface area contributed by atoms with Crippen molar-refractivity contribution in [1.29, 1.82) is 0 Å². The molecule has 4 heteroatoms. The molecule has 0 spiro atoms. The van der Waals surface area contributed by atoms with Gasteiger partial charge >= 0.3 is 5.63 Å². The molecule has 2 aromatic carbocycles. The number of hydrogen-bond acceptors (Lipinski definition) is 4. The second-order valence-corrected chi connectivity index (χ2v) is 7.67. The van der Waals surface area contributed by atoms with Gasteiger partial charge in [0.25, 0.3) is 0 Å². The highest BCUT2D eigenvalue weighted by molar-refractivity contribution is 5.77. The summed E-state index contributed by atoms with van der Waals surface area (Å²) in [6.45, 7) is 3.83. The number of aryl methyl sites for hydroxylation is 1. The van der Waals surface area contributed by atoms with Gasteiger partial charge in [-0.1, -0.05) is 36.2 Å². The summed E-state index contributed by atoms with van der Waals surface area (Å²) < 4.78 is 11.6. The van der Waals surface area contributed by atoms with Crippen LogP contribution in [0.2, 0.25) is 0 Å². The van der Waals surface area contributed by atoms with Gasteiger partial charge in [-0.05, 0) is 62.6 Å². The Labute approximate surface area is 165 Å². The predicted molar refractivity (Wildman–Crippen MR) is 112 cm³/mol. The molecule has 1 N–H and O–H groups in total. The van der Waals surface area contributed by atoms with Gasteiger partial charge in [-0.25, -0.2) is 4.79 Å². The lowest BCUT2D eigenvalue weighted by atomic mass is 10.0. The van der Waals surface area contributed by atoms with Gasteiger partial charge in [-0.2, -0.15) is 0 Å². The molecular formula is C24H27NO3. The molecule has 1 fully saturated rings. The minimum Gasteiger partial charge on any atom is -0.493 e. The minimum absolute atomic E-state index is 0.280. The van der Waals surface area contributed by atoms with E-state index >= 15 is 0 Å². The molecule has 0 bridgehead atoms. The Balaban J connectivity index is 1.49. The number of nitrogens with one attached hydrogen (secondary N) is 1. The summed E-state index contributed by atoms with van der Waals surface area (Å²) in [5.41, 5.74) is 3.16. The standard InChI is InChI=1S/C24H27NO3/c1-17-9-10-23-19(14-17)16-20(24(26)28-23)15-18-6-2-3-8-22(18)27-13-11-21-7-4-5-12-25-21/h2-3,6,8-10,14,16,21,25H,4-5,7,11-13,15H2,1H3. The van der Waals surface area contributed by atoms with E-state index in [1.165, 1.54) is 19.3 Å². The van der Waals surface area contributed by atoms with E-state index in [2.05, 4.69) is 5.32 Å². The average Bonchev–Trinajstić information content (AvgIpc) is 2.71. The Bertz CT molecular complexity index is 1000. The van der Waals surface area contributed by atoms with Crippen molar-refractivity contribution in [3.8, 4) is 5.75 Å². The van der Waals surface area contributed by atoms with Crippen molar-refractivity contribution in [2.75, 3.05) is 13.2 Å². The van der Waals surface area contributed by atoms with Gasteiger partial charge in [0.1, 0.15) is 11.3 Å². The van der Waals surface area contributed by atoms with Gasteiger partial charge in [0.2, 0.25) is 0 Å². The molecule has 0 amide bonds. The molecule has 146 valence electrons. The van der Waals surface area contributed by atoms with Crippen molar-refractivity contribution in [2.45, 2.75) is 45.1 Å². The van der Waals surface area contributed by atoms with Crippen molar-refractivity contribution >= 4 is 11.0 Å². The highest BCUT2D eigenvalue weighted by atomic mass is 16.5. The molecule has 3 aromatic rings. The molecule has 1 atom stereocenters. The van der Waals surface area contributed by atoms with Gasteiger partial charge < -0.3 is 14.5 Å². The topological polar surface area (TPSA) is 51.5 Å². The summed E-state index contributed by atoms with van der Waals surface area (Å²) >= 11 is 0. The maximum absolute atomic E-state index is 12.4. The van der Waals surface area contributed by atoms with Crippen LogP contribution in [0.5, 0.6) is 5.75 Å². The van der Waals surface area contributed by atoms with E-state index < -0.39 is 0 Å². The van der Waals surface area contributed by atoms with Crippen molar-refractivity contribution in [3.63, 3.8) is 0 Å². The Kier molecular flexibility index (Phi) is 5.77. The van der Waals surface area contributed by atoms with Crippen molar-refractivity contribution in [2.24, 2.45) is 0 Å². The molecule has 28 heavy (non-hydrogen) atoms. The molecule has 4 nitrogen and oxygen atoms in total. The highest BCUT2D eigenvalue weighted by Crippen LogP contribution is 2.23. The first-order chi connectivity index (χ1) is 13.7. The average molecular weight is 377 g/mol. The largest absolute Gasteiger partial charge is 0.493 e. The maximum atomic E-state index is 12.4. The quantitative estimate of drug-likeness (QED) is 0.638. The zero-order chi connectivity index (χ0) is 19.3. The van der Waals surface area contributed by atoms with E-state index in [0.717, 1.165) is 35.2 Å². The zero-order valence-corrected chi connectivity index (χ0v) is 16.4. The van der Waals surface area contributed by atoms with Gasteiger partial charge in [-0.3, -0.25) is 0 Å². The highest BCUT2D eigenvalue weighted by Gasteiger charge is 2.14. The van der Waals surface area contributed by atoms with Crippen LogP contribution in [0.3, 0.4) is 0 Å². The maximum Gasteiger partial charge on any atom is 0.339 e. The first-order valence-corrected chi connectivity index (χ1v) is 10.2. The summed E-state index contributed by atoms with van der Waals surface area (Å²) in [7, 11) is 0. The number of hydrogen-bond donors (Lipinski definition) is 1. The van der Waals surface area contributed by atoms with Crippen LogP contribution in [0.25, 0.3) is 11.0 Å². The number of rotatable bonds is 6. The van der Waals surface area contributed by atoms with Crippen molar-refractivity contribution in [3.05, 3.63) is 75.6 Å². The molecule has 2 heterocycles. The first kappa shape index (κ1) is 18.8. The number of piperidine rings is 1. The SMILES string of the molecule is Cc1ccc2oc(=O)c(Cc3ccccc3OCCC3CCCCN3)cc2c1. The lowest BCUT2D eigenvalue weighted by molar-refractivity contribution is 0.266. The molecule has 0 aliphatic carbocycles. The normalized spacial score (nSPS) is 17.0. The van der Waals surface area contributed by atoms with Crippen molar-refractivity contribution < 1.29 is 9.15 Å². The third-order valence-corrected chi connectivity index (χ3v) is 5.45.